The van der Waals surface area contributed by atoms with Crippen LogP contribution in [0.4, 0.5) is 4.79 Å². The summed E-state index contributed by atoms with van der Waals surface area (Å²) in [7, 11) is 0. The molecule has 2 amide bonds. The lowest BCUT2D eigenvalue weighted by molar-refractivity contribution is -0.138. The molecule has 1 aliphatic heterocycles. The number of carbonyl (C=O) groups is 2. The number of rotatable bonds is 5. The van der Waals surface area contributed by atoms with Gasteiger partial charge in [-0.25, -0.2) is 14.6 Å². The number of carbonyl (C=O) groups excluding carboxylic acids is 2. The van der Waals surface area contributed by atoms with Gasteiger partial charge < -0.3 is 20.4 Å². The molecule has 1 aromatic carbocycles. The Labute approximate surface area is 143 Å². The molecule has 24 heavy (non-hydrogen) atoms. The van der Waals surface area contributed by atoms with Crippen molar-refractivity contribution in [1.29, 1.82) is 0 Å². The molecule has 0 saturated carbocycles. The maximum atomic E-state index is 12.0. The highest BCUT2D eigenvalue weighted by atomic mass is 32.2. The van der Waals surface area contributed by atoms with Gasteiger partial charge in [-0.1, -0.05) is 17.8 Å². The van der Waals surface area contributed by atoms with E-state index in [9.17, 15) is 9.59 Å². The van der Waals surface area contributed by atoms with E-state index in [0.717, 1.165) is 21.8 Å². The quantitative estimate of drug-likeness (QED) is 0.569. The number of hydrogen-bond acceptors (Lipinski definition) is 5. The van der Waals surface area contributed by atoms with Crippen LogP contribution in [0.5, 0.6) is 0 Å². The average Bonchev–Trinajstić information content (AvgIpc) is 2.95. The first-order valence-corrected chi connectivity index (χ1v) is 8.58. The lowest BCUT2D eigenvalue weighted by Crippen LogP contribution is -2.44. The zero-order valence-electron chi connectivity index (χ0n) is 13.4. The van der Waals surface area contributed by atoms with Crippen molar-refractivity contribution in [2.45, 2.75) is 19.0 Å². The molecule has 0 atom stereocenters. The van der Waals surface area contributed by atoms with Crippen LogP contribution >= 0.6 is 11.8 Å². The second-order valence-corrected chi connectivity index (χ2v) is 6.30. The molecule has 0 spiro atoms. The number of aromatic amines is 1. The Morgan fingerprint density at radius 1 is 1.42 bits per heavy atom. The summed E-state index contributed by atoms with van der Waals surface area (Å²) in [5.41, 5.74) is 4.00. The summed E-state index contributed by atoms with van der Waals surface area (Å²) < 4.78 is 5.04. The van der Waals surface area contributed by atoms with Crippen molar-refractivity contribution < 1.29 is 14.3 Å². The average molecular weight is 346 g/mol. The van der Waals surface area contributed by atoms with E-state index in [1.165, 1.54) is 11.8 Å². The summed E-state index contributed by atoms with van der Waals surface area (Å²) in [4.78, 5) is 31.3. The molecule has 0 saturated heterocycles. The number of nitrogens with zero attached hydrogens (tertiary/aromatic N) is 1. The van der Waals surface area contributed by atoms with Crippen LogP contribution in [-0.4, -0.2) is 40.9 Å². The summed E-state index contributed by atoms with van der Waals surface area (Å²) in [5, 5.41) is 6.01. The molecule has 2 heterocycles. The Kier molecular flexibility index (Phi) is 4.75. The molecular formula is C16H18N4O3S. The number of aryl methyl sites for hydroxylation is 1. The summed E-state index contributed by atoms with van der Waals surface area (Å²) >= 11 is 1.43. The number of amides is 2. The van der Waals surface area contributed by atoms with E-state index in [1.807, 2.05) is 25.1 Å². The minimum absolute atomic E-state index is 0.167. The highest BCUT2D eigenvalue weighted by molar-refractivity contribution is 7.99. The molecule has 0 fully saturated rings. The molecule has 0 aliphatic carbocycles. The Hall–Kier alpha value is -2.48. The highest BCUT2D eigenvalue weighted by Crippen LogP contribution is 2.23. The first-order chi connectivity index (χ1) is 11.6. The number of ether oxygens (including phenoxy) is 1. The van der Waals surface area contributed by atoms with Crippen LogP contribution in [0.2, 0.25) is 0 Å². The van der Waals surface area contributed by atoms with Crippen LogP contribution in [-0.2, 0) is 9.53 Å². The van der Waals surface area contributed by atoms with Gasteiger partial charge in [-0.2, -0.15) is 0 Å². The van der Waals surface area contributed by atoms with E-state index in [4.69, 9.17) is 4.74 Å². The van der Waals surface area contributed by atoms with Gasteiger partial charge in [-0.3, -0.25) is 0 Å². The zero-order valence-corrected chi connectivity index (χ0v) is 14.3. The van der Waals surface area contributed by atoms with Crippen molar-refractivity contribution in [3.8, 4) is 0 Å². The third kappa shape index (κ3) is 3.53. The monoisotopic (exact) mass is 346 g/mol. The Balaban J connectivity index is 1.78. The fourth-order valence-electron chi connectivity index (χ4n) is 2.38. The minimum atomic E-state index is -0.416. The predicted molar refractivity (Wildman–Crippen MR) is 91.7 cm³/mol. The number of benzene rings is 1. The maximum absolute atomic E-state index is 12.0. The van der Waals surface area contributed by atoms with Gasteiger partial charge >= 0.3 is 12.0 Å². The topological polar surface area (TPSA) is 96.1 Å². The van der Waals surface area contributed by atoms with E-state index in [2.05, 4.69) is 20.6 Å². The van der Waals surface area contributed by atoms with Gasteiger partial charge in [0.1, 0.15) is 0 Å². The molecular weight excluding hydrogens is 328 g/mol. The SMILES string of the molecule is CCOC(=O)C1=C(CSc2nc3ccc(C)cc3[nH]2)NC(=O)NC1. The molecule has 1 aliphatic rings. The number of imidazole rings is 1. The van der Waals surface area contributed by atoms with Gasteiger partial charge in [-0.15, -0.1) is 0 Å². The van der Waals surface area contributed by atoms with E-state index >= 15 is 0 Å². The molecule has 126 valence electrons. The molecule has 2 aromatic rings. The number of esters is 1. The zero-order chi connectivity index (χ0) is 17.1. The number of thioether (sulfide) groups is 1. The second-order valence-electron chi connectivity index (χ2n) is 5.34. The normalized spacial score (nSPS) is 14.5. The van der Waals surface area contributed by atoms with Crippen molar-refractivity contribution in [1.82, 2.24) is 20.6 Å². The third-order valence-electron chi connectivity index (χ3n) is 3.55. The number of aromatic nitrogens is 2. The van der Waals surface area contributed by atoms with Crippen molar-refractivity contribution in [3.63, 3.8) is 0 Å². The molecule has 3 N–H and O–H groups in total. The van der Waals surface area contributed by atoms with E-state index in [0.29, 0.717) is 23.6 Å². The Bertz CT molecular complexity index is 828. The Morgan fingerprint density at radius 3 is 3.04 bits per heavy atom. The van der Waals surface area contributed by atoms with Crippen molar-refractivity contribution in [2.75, 3.05) is 18.9 Å². The standard InChI is InChI=1S/C16H18N4O3S/c1-3-23-14(21)10-7-17-15(22)18-13(10)8-24-16-19-11-5-4-9(2)6-12(11)20-16/h4-6H,3,7-8H2,1-2H3,(H,19,20)(H2,17,18,22). The highest BCUT2D eigenvalue weighted by Gasteiger charge is 2.23. The number of H-pyrrole nitrogens is 1. The van der Waals surface area contributed by atoms with Gasteiger partial charge in [0.2, 0.25) is 0 Å². The predicted octanol–water partition coefficient (Wildman–Crippen LogP) is 2.09. The lowest BCUT2D eigenvalue weighted by Gasteiger charge is -2.20. The summed E-state index contributed by atoms with van der Waals surface area (Å²) in [5.74, 6) is 0.00114. The number of urea groups is 1. The molecule has 0 unspecified atom stereocenters. The molecule has 0 bridgehead atoms. The number of nitrogens with one attached hydrogen (secondary N) is 3. The summed E-state index contributed by atoms with van der Waals surface area (Å²) in [6.45, 7) is 4.23. The maximum Gasteiger partial charge on any atom is 0.337 e. The first-order valence-electron chi connectivity index (χ1n) is 7.60. The Morgan fingerprint density at radius 2 is 2.25 bits per heavy atom. The van der Waals surface area contributed by atoms with Crippen molar-refractivity contribution in [3.05, 3.63) is 35.0 Å². The molecule has 8 heteroatoms. The van der Waals surface area contributed by atoms with Crippen LogP contribution < -0.4 is 10.6 Å². The van der Waals surface area contributed by atoms with E-state index < -0.39 is 5.97 Å². The third-order valence-corrected chi connectivity index (χ3v) is 4.44. The van der Waals surface area contributed by atoms with E-state index in [1.54, 1.807) is 6.92 Å². The lowest BCUT2D eigenvalue weighted by atomic mass is 10.2. The second kappa shape index (κ2) is 6.96. The fourth-order valence-corrected chi connectivity index (χ4v) is 3.25. The van der Waals surface area contributed by atoms with Gasteiger partial charge in [0.25, 0.3) is 0 Å². The van der Waals surface area contributed by atoms with Crippen molar-refractivity contribution in [2.24, 2.45) is 0 Å². The van der Waals surface area contributed by atoms with Crippen LogP contribution in [0.1, 0.15) is 12.5 Å². The van der Waals surface area contributed by atoms with Gasteiger partial charge in [0.05, 0.1) is 29.8 Å². The number of hydrogen-bond donors (Lipinski definition) is 3. The summed E-state index contributed by atoms with van der Waals surface area (Å²) in [6.07, 6.45) is 0. The first kappa shape index (κ1) is 16.4. The molecule has 7 nitrogen and oxygen atoms in total. The van der Waals surface area contributed by atoms with Gasteiger partial charge in [0, 0.05) is 11.4 Å². The smallest absolute Gasteiger partial charge is 0.337 e. The van der Waals surface area contributed by atoms with Crippen molar-refractivity contribution >= 4 is 34.8 Å². The summed E-state index contributed by atoms with van der Waals surface area (Å²) in [6, 6.07) is 5.67. The van der Waals surface area contributed by atoms with Gasteiger partial charge in [-0.05, 0) is 31.5 Å². The van der Waals surface area contributed by atoms with Gasteiger partial charge in [0.15, 0.2) is 5.16 Å². The van der Waals surface area contributed by atoms with E-state index in [-0.39, 0.29) is 12.6 Å². The molecule has 1 aromatic heterocycles. The fraction of sp³-hybridized carbons (Fsp3) is 0.312. The molecule has 0 radical (unpaired) electrons. The van der Waals surface area contributed by atoms with Crippen LogP contribution in [0.15, 0.2) is 34.6 Å². The van der Waals surface area contributed by atoms with Crippen LogP contribution in [0, 0.1) is 6.92 Å². The largest absolute Gasteiger partial charge is 0.463 e. The number of fused-ring (bicyclic) bond motifs is 1. The minimum Gasteiger partial charge on any atom is -0.463 e. The van der Waals surface area contributed by atoms with Crippen LogP contribution in [0.25, 0.3) is 11.0 Å². The van der Waals surface area contributed by atoms with Crippen LogP contribution in [0.3, 0.4) is 0 Å². The molecule has 3 rings (SSSR count).